The van der Waals surface area contributed by atoms with E-state index in [9.17, 15) is 4.79 Å². The second-order valence-corrected chi connectivity index (χ2v) is 8.33. The maximum absolute atomic E-state index is 13.3. The molecule has 2 aromatic rings. The number of likely N-dealkylation sites (tertiary alicyclic amines) is 1. The summed E-state index contributed by atoms with van der Waals surface area (Å²) >= 11 is 1.73. The average molecular weight is 359 g/mol. The van der Waals surface area contributed by atoms with E-state index in [0.717, 1.165) is 62.9 Å². The first-order chi connectivity index (χ1) is 12.1. The Bertz CT molecular complexity index is 731. The maximum atomic E-state index is 13.3. The number of imidazole rings is 1. The Morgan fingerprint density at radius 2 is 2.16 bits per heavy atom. The predicted molar refractivity (Wildman–Crippen MR) is 99.4 cm³/mol. The van der Waals surface area contributed by atoms with Crippen LogP contribution in [0.3, 0.4) is 0 Å². The van der Waals surface area contributed by atoms with Crippen LogP contribution in [0.15, 0.2) is 23.2 Å². The van der Waals surface area contributed by atoms with E-state index < -0.39 is 0 Å². The molecular formula is C19H26N4OS. The van der Waals surface area contributed by atoms with Crippen molar-refractivity contribution in [1.29, 1.82) is 0 Å². The van der Waals surface area contributed by atoms with Gasteiger partial charge in [0.2, 0.25) is 5.91 Å². The number of carbonyl (C=O) groups excluding carboxylic acids is 1. The molecule has 6 heteroatoms. The van der Waals surface area contributed by atoms with Crippen molar-refractivity contribution < 1.29 is 4.79 Å². The van der Waals surface area contributed by atoms with Gasteiger partial charge in [0.05, 0.1) is 23.6 Å². The standard InChI is InChI=1S/C19H26N4OS/c1-14-3-6-23(7-4-14)19(24)16-10-22(9-15-5-8-25-12-15)11-17-18(16)21(2)13-20-17/h5,8,12-14,16H,3-4,6-7,9-11H2,1-2H3/t16-/m0/s1. The van der Waals surface area contributed by atoms with Gasteiger partial charge in [-0.05, 0) is 41.1 Å². The summed E-state index contributed by atoms with van der Waals surface area (Å²) in [5, 5.41) is 4.31. The van der Waals surface area contributed by atoms with Crippen LogP contribution in [-0.4, -0.2) is 44.9 Å². The Kier molecular flexibility index (Phi) is 4.65. The highest BCUT2D eigenvalue weighted by Crippen LogP contribution is 2.31. The Morgan fingerprint density at radius 1 is 1.36 bits per heavy atom. The number of piperidine rings is 1. The maximum Gasteiger partial charge on any atom is 0.233 e. The number of amides is 1. The molecule has 0 radical (unpaired) electrons. The summed E-state index contributed by atoms with van der Waals surface area (Å²) in [6.07, 6.45) is 4.10. The highest BCUT2D eigenvalue weighted by Gasteiger charge is 2.36. The van der Waals surface area contributed by atoms with Gasteiger partial charge in [-0.2, -0.15) is 11.3 Å². The molecule has 5 nitrogen and oxygen atoms in total. The molecule has 0 aromatic carbocycles. The first-order valence-corrected chi connectivity index (χ1v) is 10.1. The third kappa shape index (κ3) is 3.37. The minimum atomic E-state index is -0.0942. The van der Waals surface area contributed by atoms with Gasteiger partial charge >= 0.3 is 0 Å². The number of carbonyl (C=O) groups is 1. The minimum Gasteiger partial charge on any atom is -0.342 e. The molecule has 0 aliphatic carbocycles. The Morgan fingerprint density at radius 3 is 2.88 bits per heavy atom. The van der Waals surface area contributed by atoms with Gasteiger partial charge < -0.3 is 9.47 Å². The summed E-state index contributed by atoms with van der Waals surface area (Å²) in [5.74, 6) is 0.924. The van der Waals surface area contributed by atoms with Gasteiger partial charge in [0, 0.05) is 39.8 Å². The fourth-order valence-electron chi connectivity index (χ4n) is 4.08. The molecule has 0 spiro atoms. The number of aromatic nitrogens is 2. The quantitative estimate of drug-likeness (QED) is 0.847. The minimum absolute atomic E-state index is 0.0942. The molecule has 0 bridgehead atoms. The summed E-state index contributed by atoms with van der Waals surface area (Å²) in [7, 11) is 2.01. The molecule has 2 aromatic heterocycles. The molecule has 0 N–H and O–H groups in total. The van der Waals surface area contributed by atoms with Gasteiger partial charge in [-0.3, -0.25) is 9.69 Å². The van der Waals surface area contributed by atoms with Crippen LogP contribution in [-0.2, 0) is 24.9 Å². The molecule has 25 heavy (non-hydrogen) atoms. The van der Waals surface area contributed by atoms with Crippen LogP contribution in [0.1, 0.15) is 42.6 Å². The molecule has 2 aliphatic heterocycles. The SMILES string of the molecule is CC1CCN(C(=O)[C@H]2CN(Cc3ccsc3)Cc3ncn(C)c32)CC1. The summed E-state index contributed by atoms with van der Waals surface area (Å²) in [5.41, 5.74) is 3.50. The van der Waals surface area contributed by atoms with Gasteiger partial charge in [-0.25, -0.2) is 4.98 Å². The van der Waals surface area contributed by atoms with E-state index in [1.165, 1.54) is 5.56 Å². The van der Waals surface area contributed by atoms with E-state index in [1.807, 2.05) is 17.9 Å². The fraction of sp³-hybridized carbons (Fsp3) is 0.579. The van der Waals surface area contributed by atoms with Crippen molar-refractivity contribution in [3.8, 4) is 0 Å². The second kappa shape index (κ2) is 6.92. The smallest absolute Gasteiger partial charge is 0.233 e. The number of nitrogens with zero attached hydrogens (tertiary/aromatic N) is 4. The third-order valence-electron chi connectivity index (χ3n) is 5.59. The topological polar surface area (TPSA) is 41.4 Å². The molecule has 2 aliphatic rings. The summed E-state index contributed by atoms with van der Waals surface area (Å²) in [6, 6.07) is 2.17. The molecule has 1 amide bonds. The number of rotatable bonds is 3. The van der Waals surface area contributed by atoms with Crippen molar-refractivity contribution in [2.24, 2.45) is 13.0 Å². The zero-order valence-electron chi connectivity index (χ0n) is 15.0. The van der Waals surface area contributed by atoms with Crippen molar-refractivity contribution in [3.05, 3.63) is 40.1 Å². The largest absolute Gasteiger partial charge is 0.342 e. The lowest BCUT2D eigenvalue weighted by Crippen LogP contribution is -2.46. The van der Waals surface area contributed by atoms with Gasteiger partial charge in [0.25, 0.3) is 0 Å². The zero-order valence-corrected chi connectivity index (χ0v) is 15.8. The Balaban J connectivity index is 1.56. The summed E-state index contributed by atoms with van der Waals surface area (Å²) in [6.45, 7) is 6.58. The fourth-order valence-corrected chi connectivity index (χ4v) is 4.74. The second-order valence-electron chi connectivity index (χ2n) is 7.55. The molecule has 0 unspecified atom stereocenters. The van der Waals surface area contributed by atoms with Crippen LogP contribution in [0.2, 0.25) is 0 Å². The van der Waals surface area contributed by atoms with Gasteiger partial charge in [-0.15, -0.1) is 0 Å². The zero-order chi connectivity index (χ0) is 17.4. The highest BCUT2D eigenvalue weighted by molar-refractivity contribution is 7.07. The van der Waals surface area contributed by atoms with E-state index in [2.05, 4.69) is 38.5 Å². The van der Waals surface area contributed by atoms with E-state index >= 15 is 0 Å². The van der Waals surface area contributed by atoms with Crippen molar-refractivity contribution in [1.82, 2.24) is 19.4 Å². The first-order valence-electron chi connectivity index (χ1n) is 9.14. The molecule has 4 heterocycles. The number of thiophene rings is 1. The lowest BCUT2D eigenvalue weighted by Gasteiger charge is -2.37. The Labute approximate surface area is 153 Å². The van der Waals surface area contributed by atoms with Crippen LogP contribution >= 0.6 is 11.3 Å². The van der Waals surface area contributed by atoms with Crippen LogP contribution in [0.25, 0.3) is 0 Å². The van der Waals surface area contributed by atoms with Crippen molar-refractivity contribution in [3.63, 3.8) is 0 Å². The highest BCUT2D eigenvalue weighted by atomic mass is 32.1. The van der Waals surface area contributed by atoms with Crippen molar-refractivity contribution in [2.45, 2.75) is 38.8 Å². The van der Waals surface area contributed by atoms with Crippen LogP contribution in [0.5, 0.6) is 0 Å². The normalized spacial score (nSPS) is 22.2. The molecule has 1 atom stereocenters. The first kappa shape index (κ1) is 16.8. The lowest BCUT2D eigenvalue weighted by molar-refractivity contribution is -0.135. The monoisotopic (exact) mass is 358 g/mol. The molecular weight excluding hydrogens is 332 g/mol. The van der Waals surface area contributed by atoms with E-state index in [-0.39, 0.29) is 11.8 Å². The molecule has 134 valence electrons. The third-order valence-corrected chi connectivity index (χ3v) is 6.32. The van der Waals surface area contributed by atoms with E-state index in [4.69, 9.17) is 0 Å². The number of aryl methyl sites for hydroxylation is 1. The lowest BCUT2D eigenvalue weighted by atomic mass is 9.93. The Hall–Kier alpha value is -1.66. The van der Waals surface area contributed by atoms with Crippen molar-refractivity contribution >= 4 is 17.2 Å². The number of hydrogen-bond donors (Lipinski definition) is 0. The molecule has 4 rings (SSSR count). The average Bonchev–Trinajstić information content (AvgIpc) is 3.25. The van der Waals surface area contributed by atoms with Crippen LogP contribution in [0, 0.1) is 5.92 Å². The van der Waals surface area contributed by atoms with E-state index in [0.29, 0.717) is 0 Å². The van der Waals surface area contributed by atoms with Crippen LogP contribution in [0.4, 0.5) is 0 Å². The predicted octanol–water partition coefficient (Wildman–Crippen LogP) is 2.84. The number of fused-ring (bicyclic) bond motifs is 1. The van der Waals surface area contributed by atoms with Gasteiger partial charge in [0.15, 0.2) is 0 Å². The van der Waals surface area contributed by atoms with Crippen LogP contribution < -0.4 is 0 Å². The molecule has 1 fully saturated rings. The molecule has 0 saturated carbocycles. The molecule has 1 saturated heterocycles. The van der Waals surface area contributed by atoms with Gasteiger partial charge in [-0.1, -0.05) is 6.92 Å². The summed E-state index contributed by atoms with van der Waals surface area (Å²) < 4.78 is 2.05. The van der Waals surface area contributed by atoms with E-state index in [1.54, 1.807) is 11.3 Å². The van der Waals surface area contributed by atoms with Gasteiger partial charge in [0.1, 0.15) is 0 Å². The number of hydrogen-bond acceptors (Lipinski definition) is 4. The van der Waals surface area contributed by atoms with Crippen molar-refractivity contribution in [2.75, 3.05) is 19.6 Å². The summed E-state index contributed by atoms with van der Waals surface area (Å²) in [4.78, 5) is 22.3.